The molecule has 0 aliphatic heterocycles. The maximum Gasteiger partial charge on any atom is 1.00 e. The van der Waals surface area contributed by atoms with Gasteiger partial charge in [0, 0.05) is 5.02 Å². The van der Waals surface area contributed by atoms with E-state index < -0.39 is 12.3 Å². The van der Waals surface area contributed by atoms with Gasteiger partial charge < -0.3 is 12.9 Å². The largest absolute Gasteiger partial charge is 1.00 e. The molecule has 3 saturated carbocycles. The standard InChI is InChI=1S/C11H10BClF3.K/c13-9-4-2-1-3-8(9)10-5-11(6-10,7-10)12(14,15)16;/h1-4H,5-7H2;/q-1;+1. The van der Waals surface area contributed by atoms with Gasteiger partial charge in [0.05, 0.1) is 0 Å². The Bertz CT molecular complexity index is 441. The van der Waals surface area contributed by atoms with E-state index in [1.165, 1.54) is 0 Å². The Labute approximate surface area is 146 Å². The predicted molar refractivity (Wildman–Crippen MR) is 58.8 cm³/mol. The quantitative estimate of drug-likeness (QED) is 0.720. The molecular weight excluding hydrogens is 274 g/mol. The summed E-state index contributed by atoms with van der Waals surface area (Å²) < 4.78 is 38.2. The molecule has 0 nitrogen and oxygen atoms in total. The van der Waals surface area contributed by atoms with Crippen molar-refractivity contribution < 1.29 is 64.3 Å². The fourth-order valence-corrected chi connectivity index (χ4v) is 3.73. The topological polar surface area (TPSA) is 0 Å². The molecule has 3 aliphatic rings. The first-order valence-corrected chi connectivity index (χ1v) is 5.71. The molecule has 0 aromatic heterocycles. The van der Waals surface area contributed by atoms with Crippen molar-refractivity contribution >= 4 is 18.6 Å². The summed E-state index contributed by atoms with van der Waals surface area (Å²) in [6, 6.07) is 7.26. The summed E-state index contributed by atoms with van der Waals surface area (Å²) in [5, 5.41) is -0.732. The normalized spacial score (nSPS) is 34.4. The number of hydrogen-bond acceptors (Lipinski definition) is 0. The van der Waals surface area contributed by atoms with E-state index in [0.717, 1.165) is 5.56 Å². The number of hydrogen-bond donors (Lipinski definition) is 0. The molecule has 1 aromatic carbocycles. The van der Waals surface area contributed by atoms with Gasteiger partial charge in [0.2, 0.25) is 0 Å². The minimum atomic E-state index is -4.69. The molecule has 2 bridgehead atoms. The average Bonchev–Trinajstić information content (AvgIpc) is 2.00. The first kappa shape index (κ1) is 14.4. The monoisotopic (exact) mass is 284 g/mol. The summed E-state index contributed by atoms with van der Waals surface area (Å²) in [5.41, 5.74) is 0.633. The minimum absolute atomic E-state index is 0. The Kier molecular flexibility index (Phi) is 3.60. The molecule has 0 amide bonds. The Hall–Kier alpha value is 1.00. The third-order valence-corrected chi connectivity index (χ3v) is 4.54. The van der Waals surface area contributed by atoms with Gasteiger partial charge in [-0.1, -0.05) is 54.4 Å². The zero-order valence-corrected chi connectivity index (χ0v) is 13.4. The van der Waals surface area contributed by atoms with Crippen molar-refractivity contribution in [2.45, 2.75) is 30.0 Å². The van der Waals surface area contributed by atoms with Gasteiger partial charge in [-0.2, -0.15) is 0 Å². The summed E-state index contributed by atoms with van der Waals surface area (Å²) in [7, 11) is 0. The van der Waals surface area contributed by atoms with Crippen molar-refractivity contribution in [3.05, 3.63) is 34.9 Å². The van der Waals surface area contributed by atoms with Crippen molar-refractivity contribution in [2.24, 2.45) is 0 Å². The van der Waals surface area contributed by atoms with E-state index in [-0.39, 0.29) is 76.1 Å². The Balaban J connectivity index is 0.00000108. The van der Waals surface area contributed by atoms with Crippen LogP contribution < -0.4 is 51.4 Å². The summed E-state index contributed by atoms with van der Waals surface area (Å²) in [5.74, 6) is 0. The van der Waals surface area contributed by atoms with Gasteiger partial charge >= 0.3 is 58.4 Å². The molecule has 0 radical (unpaired) electrons. The third kappa shape index (κ3) is 1.89. The first-order valence-electron chi connectivity index (χ1n) is 5.33. The van der Waals surface area contributed by atoms with Gasteiger partial charge in [-0.15, -0.1) is 0 Å². The number of halogens is 4. The predicted octanol–water partition coefficient (Wildman–Crippen LogP) is 1.37. The van der Waals surface area contributed by atoms with Crippen LogP contribution in [-0.4, -0.2) is 6.98 Å². The third-order valence-electron chi connectivity index (χ3n) is 4.21. The molecule has 3 aliphatic carbocycles. The maximum absolute atomic E-state index is 12.7. The van der Waals surface area contributed by atoms with Gasteiger partial charge in [-0.3, -0.25) is 0 Å². The van der Waals surface area contributed by atoms with Crippen LogP contribution in [0.5, 0.6) is 0 Å². The van der Waals surface area contributed by atoms with E-state index in [1.54, 1.807) is 12.1 Å². The Morgan fingerprint density at radius 1 is 1.06 bits per heavy atom. The zero-order valence-electron chi connectivity index (χ0n) is 9.52. The molecule has 0 N–H and O–H groups in total. The molecule has 6 heteroatoms. The molecule has 0 spiro atoms. The van der Waals surface area contributed by atoms with Crippen molar-refractivity contribution in [3.63, 3.8) is 0 Å². The minimum Gasteiger partial charge on any atom is -0.449 e. The summed E-state index contributed by atoms with van der Waals surface area (Å²) in [6.07, 6.45) is 0.730. The molecule has 3 fully saturated rings. The van der Waals surface area contributed by atoms with E-state index in [4.69, 9.17) is 11.6 Å². The van der Waals surface area contributed by atoms with Gasteiger partial charge in [0.25, 0.3) is 0 Å². The number of benzene rings is 1. The van der Waals surface area contributed by atoms with E-state index in [0.29, 0.717) is 5.02 Å². The van der Waals surface area contributed by atoms with Crippen molar-refractivity contribution in [1.29, 1.82) is 0 Å². The second kappa shape index (κ2) is 4.25. The van der Waals surface area contributed by atoms with Crippen LogP contribution in [0.1, 0.15) is 24.8 Å². The summed E-state index contributed by atoms with van der Waals surface area (Å²) in [4.78, 5) is 0. The molecule has 0 unspecified atom stereocenters. The fourth-order valence-electron chi connectivity index (χ4n) is 3.39. The van der Waals surface area contributed by atoms with E-state index in [2.05, 4.69) is 0 Å². The molecule has 0 saturated heterocycles. The van der Waals surface area contributed by atoms with E-state index in [9.17, 15) is 12.9 Å². The van der Waals surface area contributed by atoms with Crippen LogP contribution in [-0.2, 0) is 5.41 Å². The SMILES string of the molecule is F[B-](F)(F)C12CC(c3ccccc3Cl)(C1)C2.[K+]. The molecule has 0 heterocycles. The van der Waals surface area contributed by atoms with Gasteiger partial charge in [0.15, 0.2) is 0 Å². The van der Waals surface area contributed by atoms with Crippen molar-refractivity contribution in [1.82, 2.24) is 0 Å². The van der Waals surface area contributed by atoms with E-state index >= 15 is 0 Å². The second-order valence-electron chi connectivity index (χ2n) is 5.23. The summed E-state index contributed by atoms with van der Waals surface area (Å²) >= 11 is 6.03. The molecule has 4 rings (SSSR count). The van der Waals surface area contributed by atoms with Crippen LogP contribution in [0.25, 0.3) is 0 Å². The van der Waals surface area contributed by atoms with Gasteiger partial charge in [0.1, 0.15) is 0 Å². The van der Waals surface area contributed by atoms with E-state index in [1.807, 2.05) is 12.1 Å². The average molecular weight is 285 g/mol. The van der Waals surface area contributed by atoms with Gasteiger partial charge in [-0.05, 0) is 17.0 Å². The molecule has 17 heavy (non-hydrogen) atoms. The van der Waals surface area contributed by atoms with Crippen LogP contribution in [0.2, 0.25) is 10.3 Å². The molecular formula is C11H10BClF3K. The zero-order chi connectivity index (χ0) is 11.6. The molecule has 1 aromatic rings. The molecule has 0 atom stereocenters. The van der Waals surface area contributed by atoms with Crippen LogP contribution >= 0.6 is 11.6 Å². The Morgan fingerprint density at radius 2 is 1.59 bits per heavy atom. The van der Waals surface area contributed by atoms with Crippen LogP contribution in [0.3, 0.4) is 0 Å². The van der Waals surface area contributed by atoms with Crippen LogP contribution in [0.4, 0.5) is 12.9 Å². The van der Waals surface area contributed by atoms with Crippen LogP contribution in [0, 0.1) is 0 Å². The first-order chi connectivity index (χ1) is 7.39. The Morgan fingerprint density at radius 3 is 2.06 bits per heavy atom. The summed E-state index contributed by atoms with van der Waals surface area (Å²) in [6.45, 7) is -4.69. The smallest absolute Gasteiger partial charge is 0.449 e. The van der Waals surface area contributed by atoms with Crippen molar-refractivity contribution in [2.75, 3.05) is 0 Å². The number of rotatable bonds is 2. The van der Waals surface area contributed by atoms with Gasteiger partial charge in [-0.25, -0.2) is 0 Å². The second-order valence-corrected chi connectivity index (χ2v) is 5.63. The molecule has 86 valence electrons. The van der Waals surface area contributed by atoms with Crippen LogP contribution in [0.15, 0.2) is 24.3 Å². The van der Waals surface area contributed by atoms with Crippen molar-refractivity contribution in [3.8, 4) is 0 Å². The fraction of sp³-hybridized carbons (Fsp3) is 0.455. The maximum atomic E-state index is 12.7.